The highest BCUT2D eigenvalue weighted by Crippen LogP contribution is 2.39. The van der Waals surface area contributed by atoms with Crippen LogP contribution >= 0.6 is 11.3 Å². The summed E-state index contributed by atoms with van der Waals surface area (Å²) in [7, 11) is 0. The van der Waals surface area contributed by atoms with Gasteiger partial charge in [-0.05, 0) is 37.8 Å². The number of hydrogen-bond acceptors (Lipinski definition) is 4. The molecule has 0 spiro atoms. The minimum atomic E-state index is -0.0458. The van der Waals surface area contributed by atoms with E-state index in [0.29, 0.717) is 23.6 Å². The first-order valence-electron chi connectivity index (χ1n) is 8.56. The van der Waals surface area contributed by atoms with Crippen LogP contribution in [0.5, 0.6) is 0 Å². The molecule has 0 atom stereocenters. The van der Waals surface area contributed by atoms with E-state index >= 15 is 0 Å². The van der Waals surface area contributed by atoms with Gasteiger partial charge in [0, 0.05) is 10.8 Å². The third kappa shape index (κ3) is 2.24. The molecule has 6 heteroatoms. The van der Waals surface area contributed by atoms with Gasteiger partial charge in [0.15, 0.2) is 0 Å². The van der Waals surface area contributed by atoms with Crippen molar-refractivity contribution in [3.63, 3.8) is 0 Å². The first-order chi connectivity index (χ1) is 12.1. The van der Waals surface area contributed by atoms with Crippen molar-refractivity contribution in [1.82, 2.24) is 19.2 Å². The molecule has 0 saturated heterocycles. The second-order valence-corrected chi connectivity index (χ2v) is 8.00. The lowest BCUT2D eigenvalue weighted by atomic mass is 10.2. The maximum Gasteiger partial charge on any atom is 0.284 e. The molecule has 0 N–H and O–H groups in total. The molecule has 25 heavy (non-hydrogen) atoms. The van der Waals surface area contributed by atoms with Crippen LogP contribution in [0.1, 0.15) is 40.6 Å². The quantitative estimate of drug-likeness (QED) is 0.567. The van der Waals surface area contributed by atoms with Gasteiger partial charge < -0.3 is 0 Å². The number of hydrogen-bond donors (Lipinski definition) is 0. The normalized spacial score (nSPS) is 14.6. The van der Waals surface area contributed by atoms with Gasteiger partial charge in [0.25, 0.3) is 5.56 Å². The fraction of sp³-hybridized carbons (Fsp3) is 0.316. The first kappa shape index (κ1) is 14.8. The molecule has 1 aromatic carbocycles. The Morgan fingerprint density at radius 2 is 1.96 bits per heavy atom. The van der Waals surface area contributed by atoms with Crippen LogP contribution in [0.2, 0.25) is 0 Å². The molecule has 1 aliphatic rings. The second kappa shape index (κ2) is 5.26. The number of aryl methyl sites for hydroxylation is 2. The molecule has 0 radical (unpaired) electrons. The van der Waals surface area contributed by atoms with Gasteiger partial charge in [0.05, 0.1) is 11.9 Å². The van der Waals surface area contributed by atoms with Crippen LogP contribution in [0.15, 0.2) is 35.1 Å². The van der Waals surface area contributed by atoms with E-state index in [0.717, 1.165) is 33.9 Å². The zero-order valence-corrected chi connectivity index (χ0v) is 15.0. The van der Waals surface area contributed by atoms with E-state index in [1.165, 1.54) is 10.1 Å². The summed E-state index contributed by atoms with van der Waals surface area (Å²) in [4.78, 5) is 19.8. The van der Waals surface area contributed by atoms with E-state index in [1.807, 2.05) is 32.0 Å². The van der Waals surface area contributed by atoms with Gasteiger partial charge in [-0.3, -0.25) is 9.36 Å². The van der Waals surface area contributed by atoms with Gasteiger partial charge in [-0.2, -0.15) is 4.52 Å². The summed E-state index contributed by atoms with van der Waals surface area (Å²) in [6.07, 6.45) is 2.28. The van der Waals surface area contributed by atoms with E-state index in [2.05, 4.69) is 21.8 Å². The average Bonchev–Trinajstić information content (AvgIpc) is 3.33. The van der Waals surface area contributed by atoms with Crippen molar-refractivity contribution in [2.24, 2.45) is 0 Å². The molecule has 3 heterocycles. The molecule has 1 fully saturated rings. The summed E-state index contributed by atoms with van der Waals surface area (Å²) in [5.41, 5.74) is 2.17. The Morgan fingerprint density at radius 1 is 1.20 bits per heavy atom. The molecule has 1 saturated carbocycles. The Balaban J connectivity index is 1.81. The summed E-state index contributed by atoms with van der Waals surface area (Å²) in [6.45, 7) is 4.72. The van der Waals surface area contributed by atoms with Crippen molar-refractivity contribution in [2.45, 2.75) is 39.2 Å². The molecular weight excluding hydrogens is 332 g/mol. The number of aromatic nitrogens is 4. The molecule has 4 aromatic rings. The Labute approximate surface area is 148 Å². The van der Waals surface area contributed by atoms with E-state index in [1.54, 1.807) is 11.3 Å². The number of nitrogens with zero attached hydrogens (tertiary/aromatic N) is 4. The van der Waals surface area contributed by atoms with Gasteiger partial charge in [0.2, 0.25) is 5.78 Å². The second-order valence-electron chi connectivity index (χ2n) is 6.80. The number of thiophene rings is 1. The molecule has 5 rings (SSSR count). The molecule has 5 nitrogen and oxygen atoms in total. The Kier molecular flexibility index (Phi) is 3.12. The Bertz CT molecular complexity index is 1170. The molecule has 126 valence electrons. The highest BCUT2D eigenvalue weighted by Gasteiger charge is 2.31. The predicted octanol–water partition coefficient (Wildman–Crippen LogP) is 3.65. The third-order valence-corrected chi connectivity index (χ3v) is 6.11. The predicted molar refractivity (Wildman–Crippen MR) is 99.6 cm³/mol. The summed E-state index contributed by atoms with van der Waals surface area (Å²) in [5, 5.41) is 5.39. The maximum absolute atomic E-state index is 13.0. The van der Waals surface area contributed by atoms with Crippen molar-refractivity contribution in [3.05, 3.63) is 62.5 Å². The van der Waals surface area contributed by atoms with Crippen LogP contribution < -0.4 is 5.56 Å². The minimum absolute atomic E-state index is 0.0458. The Hall–Kier alpha value is -2.47. The molecular formula is C19H18N4OS. The van der Waals surface area contributed by atoms with Crippen molar-refractivity contribution in [3.8, 4) is 0 Å². The van der Waals surface area contributed by atoms with Crippen molar-refractivity contribution < 1.29 is 0 Å². The van der Waals surface area contributed by atoms with Crippen LogP contribution in [-0.2, 0) is 6.54 Å². The number of fused-ring (bicyclic) bond motifs is 2. The lowest BCUT2D eigenvalue weighted by Crippen LogP contribution is -2.16. The summed E-state index contributed by atoms with van der Waals surface area (Å²) in [5.74, 6) is 2.09. The van der Waals surface area contributed by atoms with Gasteiger partial charge in [0.1, 0.15) is 10.7 Å². The van der Waals surface area contributed by atoms with E-state index in [9.17, 15) is 4.79 Å². The van der Waals surface area contributed by atoms with Crippen LogP contribution in [0.25, 0.3) is 16.0 Å². The Morgan fingerprint density at radius 3 is 2.68 bits per heavy atom. The third-order valence-electron chi connectivity index (χ3n) is 5.01. The topological polar surface area (TPSA) is 52.2 Å². The highest BCUT2D eigenvalue weighted by atomic mass is 32.1. The minimum Gasteiger partial charge on any atom is -0.292 e. The zero-order valence-electron chi connectivity index (χ0n) is 14.2. The van der Waals surface area contributed by atoms with Gasteiger partial charge >= 0.3 is 0 Å². The van der Waals surface area contributed by atoms with Crippen molar-refractivity contribution in [1.29, 1.82) is 0 Å². The molecule has 0 unspecified atom stereocenters. The van der Waals surface area contributed by atoms with Crippen LogP contribution in [0.3, 0.4) is 0 Å². The van der Waals surface area contributed by atoms with E-state index in [-0.39, 0.29) is 5.56 Å². The van der Waals surface area contributed by atoms with Crippen LogP contribution in [-0.4, -0.2) is 19.2 Å². The number of rotatable bonds is 3. The lowest BCUT2D eigenvalue weighted by Gasteiger charge is -2.07. The van der Waals surface area contributed by atoms with E-state index < -0.39 is 0 Å². The molecule has 0 aliphatic heterocycles. The lowest BCUT2D eigenvalue weighted by molar-refractivity contribution is 0.739. The smallest absolute Gasteiger partial charge is 0.284 e. The van der Waals surface area contributed by atoms with Crippen molar-refractivity contribution >= 4 is 27.3 Å². The SMILES string of the molecule is Cc1sc2nc3n(Cc4ccccc4)c(C4CC4)nn3c(=O)c2c1C. The van der Waals surface area contributed by atoms with Gasteiger partial charge in [-0.1, -0.05) is 30.3 Å². The molecule has 3 aromatic heterocycles. The fourth-order valence-electron chi connectivity index (χ4n) is 3.36. The highest BCUT2D eigenvalue weighted by molar-refractivity contribution is 7.18. The standard InChI is InChI=1S/C19H18N4OS/c1-11-12(2)25-17-15(11)18(24)23-19(20-17)22(16(21-23)14-8-9-14)10-13-6-4-3-5-7-13/h3-7,14H,8-10H2,1-2H3. The number of benzene rings is 1. The zero-order chi connectivity index (χ0) is 17.1. The monoisotopic (exact) mass is 350 g/mol. The van der Waals surface area contributed by atoms with Gasteiger partial charge in [-0.25, -0.2) is 4.98 Å². The molecule has 1 aliphatic carbocycles. The molecule has 0 bridgehead atoms. The first-order valence-corrected chi connectivity index (χ1v) is 9.38. The largest absolute Gasteiger partial charge is 0.292 e. The van der Waals surface area contributed by atoms with Crippen LogP contribution in [0.4, 0.5) is 0 Å². The fourth-order valence-corrected chi connectivity index (χ4v) is 4.37. The summed E-state index contributed by atoms with van der Waals surface area (Å²) in [6, 6.07) is 10.3. The summed E-state index contributed by atoms with van der Waals surface area (Å²) >= 11 is 1.59. The van der Waals surface area contributed by atoms with E-state index in [4.69, 9.17) is 4.98 Å². The van der Waals surface area contributed by atoms with Crippen molar-refractivity contribution in [2.75, 3.05) is 0 Å². The maximum atomic E-state index is 13.0. The average molecular weight is 350 g/mol. The molecule has 0 amide bonds. The summed E-state index contributed by atoms with van der Waals surface area (Å²) < 4.78 is 3.64. The van der Waals surface area contributed by atoms with Gasteiger partial charge in [-0.15, -0.1) is 16.4 Å². The van der Waals surface area contributed by atoms with Crippen LogP contribution in [0, 0.1) is 13.8 Å².